The molecule has 1 aromatic heterocycles. The smallest absolute Gasteiger partial charge is 0.255 e. The topological polar surface area (TPSA) is 94.4 Å². The third kappa shape index (κ3) is 3.02. The van der Waals surface area contributed by atoms with Gasteiger partial charge in [0.1, 0.15) is 11.7 Å². The zero-order valence-corrected chi connectivity index (χ0v) is 12.6. The average molecular weight is 283 g/mol. The van der Waals surface area contributed by atoms with Crippen LogP contribution in [0.5, 0.6) is 0 Å². The van der Waals surface area contributed by atoms with Gasteiger partial charge in [0.25, 0.3) is 5.89 Å². The van der Waals surface area contributed by atoms with Crippen LogP contribution in [0.2, 0.25) is 0 Å². The van der Waals surface area contributed by atoms with E-state index in [-0.39, 0.29) is 5.89 Å². The highest BCUT2D eigenvalue weighted by Crippen LogP contribution is 2.46. The Morgan fingerprint density at radius 2 is 2.00 bits per heavy atom. The molecule has 1 unspecified atom stereocenters. The molecule has 1 aliphatic carbocycles. The summed E-state index contributed by atoms with van der Waals surface area (Å²) in [4.78, 5) is 4.33. The van der Waals surface area contributed by atoms with Gasteiger partial charge in [-0.25, -0.2) is 0 Å². The molecule has 0 saturated heterocycles. The number of hydrogen-bond acceptors (Lipinski definition) is 6. The van der Waals surface area contributed by atoms with Crippen LogP contribution in [-0.2, 0) is 10.3 Å². The van der Waals surface area contributed by atoms with Crippen molar-refractivity contribution in [1.82, 2.24) is 10.1 Å². The first kappa shape index (κ1) is 15.4. The van der Waals surface area contributed by atoms with Crippen molar-refractivity contribution < 1.29 is 14.4 Å². The molecule has 1 fully saturated rings. The largest absolute Gasteiger partial charge is 0.383 e. The fourth-order valence-corrected chi connectivity index (χ4v) is 2.69. The van der Waals surface area contributed by atoms with Crippen LogP contribution in [-0.4, -0.2) is 28.9 Å². The van der Waals surface area contributed by atoms with E-state index in [0.717, 1.165) is 25.7 Å². The maximum Gasteiger partial charge on any atom is 0.255 e. The van der Waals surface area contributed by atoms with Crippen molar-refractivity contribution in [1.29, 1.82) is 0 Å². The molecular formula is C14H25N3O3. The number of rotatable bonds is 5. The van der Waals surface area contributed by atoms with Crippen molar-refractivity contribution in [2.24, 2.45) is 11.1 Å². The van der Waals surface area contributed by atoms with Gasteiger partial charge in [0.15, 0.2) is 0 Å². The van der Waals surface area contributed by atoms with E-state index in [1.165, 1.54) is 0 Å². The van der Waals surface area contributed by atoms with Crippen molar-refractivity contribution in [3.8, 4) is 0 Å². The Kier molecular flexibility index (Phi) is 4.46. The number of nitrogens with zero attached hydrogens (tertiary/aromatic N) is 2. The lowest BCUT2D eigenvalue weighted by Gasteiger charge is -2.40. The minimum Gasteiger partial charge on any atom is -0.383 e. The van der Waals surface area contributed by atoms with Crippen LogP contribution in [0.3, 0.4) is 0 Å². The van der Waals surface area contributed by atoms with Gasteiger partial charge in [-0.05, 0) is 44.1 Å². The van der Waals surface area contributed by atoms with Gasteiger partial charge in [0.2, 0.25) is 5.82 Å². The van der Waals surface area contributed by atoms with Crippen LogP contribution in [0.25, 0.3) is 0 Å². The molecule has 0 spiro atoms. The molecule has 1 heterocycles. The van der Waals surface area contributed by atoms with Crippen LogP contribution in [0.1, 0.15) is 63.8 Å². The lowest BCUT2D eigenvalue weighted by molar-refractivity contribution is -0.0740. The van der Waals surface area contributed by atoms with E-state index in [2.05, 4.69) is 24.0 Å². The highest BCUT2D eigenvalue weighted by atomic mass is 16.5. The SMILES string of the molecule is COC1(c2noc(C(O)CCN)n2)CCC(C)(C)CC1. The van der Waals surface area contributed by atoms with Crippen molar-refractivity contribution in [3.05, 3.63) is 11.7 Å². The molecule has 0 bridgehead atoms. The molecule has 0 aliphatic heterocycles. The van der Waals surface area contributed by atoms with E-state index in [1.54, 1.807) is 7.11 Å². The van der Waals surface area contributed by atoms with Crippen molar-refractivity contribution >= 4 is 0 Å². The molecule has 2 rings (SSSR count). The number of ether oxygens (including phenoxy) is 1. The predicted octanol–water partition coefficient (Wildman–Crippen LogP) is 1.89. The molecule has 1 aromatic rings. The fourth-order valence-electron chi connectivity index (χ4n) is 2.69. The first-order valence-electron chi connectivity index (χ1n) is 7.20. The molecular weight excluding hydrogens is 258 g/mol. The molecule has 0 amide bonds. The molecule has 6 heteroatoms. The quantitative estimate of drug-likeness (QED) is 0.857. The van der Waals surface area contributed by atoms with Gasteiger partial charge < -0.3 is 20.1 Å². The van der Waals surface area contributed by atoms with Crippen LogP contribution < -0.4 is 5.73 Å². The lowest BCUT2D eigenvalue weighted by atomic mass is 9.70. The van der Waals surface area contributed by atoms with Gasteiger partial charge in [-0.2, -0.15) is 4.98 Å². The minimum atomic E-state index is -0.796. The first-order chi connectivity index (χ1) is 9.42. The lowest BCUT2D eigenvalue weighted by Crippen LogP contribution is -2.37. The van der Waals surface area contributed by atoms with E-state index in [0.29, 0.717) is 24.2 Å². The van der Waals surface area contributed by atoms with Crippen LogP contribution >= 0.6 is 0 Å². The second kappa shape index (κ2) is 5.79. The van der Waals surface area contributed by atoms with Gasteiger partial charge in [-0.15, -0.1) is 0 Å². The van der Waals surface area contributed by atoms with E-state index in [9.17, 15) is 5.11 Å². The van der Waals surface area contributed by atoms with E-state index < -0.39 is 11.7 Å². The standard InChI is InChI=1S/C14H25N3O3/c1-13(2)5-7-14(19-3,8-6-13)12-16-11(20-17-12)10(18)4-9-15/h10,18H,4-9,15H2,1-3H3. The summed E-state index contributed by atoms with van der Waals surface area (Å²) in [5, 5.41) is 13.9. The third-order valence-electron chi connectivity index (χ3n) is 4.38. The van der Waals surface area contributed by atoms with Crippen LogP contribution in [0, 0.1) is 5.41 Å². The molecule has 6 nitrogen and oxygen atoms in total. The number of hydrogen-bond donors (Lipinski definition) is 2. The van der Waals surface area contributed by atoms with E-state index >= 15 is 0 Å². The Morgan fingerprint density at radius 3 is 2.55 bits per heavy atom. The highest BCUT2D eigenvalue weighted by Gasteiger charge is 2.43. The maximum absolute atomic E-state index is 9.85. The summed E-state index contributed by atoms with van der Waals surface area (Å²) in [6, 6.07) is 0. The summed E-state index contributed by atoms with van der Waals surface area (Å²) in [7, 11) is 1.69. The zero-order valence-electron chi connectivity index (χ0n) is 12.6. The number of aliphatic hydroxyl groups excluding tert-OH is 1. The Morgan fingerprint density at radius 1 is 1.35 bits per heavy atom. The summed E-state index contributed by atoms with van der Waals surface area (Å²) >= 11 is 0. The Hall–Kier alpha value is -0.980. The van der Waals surface area contributed by atoms with Crippen LogP contribution in [0.4, 0.5) is 0 Å². The van der Waals surface area contributed by atoms with E-state index in [4.69, 9.17) is 15.0 Å². The molecule has 1 aliphatic rings. The molecule has 1 saturated carbocycles. The first-order valence-corrected chi connectivity index (χ1v) is 7.20. The maximum atomic E-state index is 9.85. The van der Waals surface area contributed by atoms with Gasteiger partial charge in [0.05, 0.1) is 0 Å². The van der Waals surface area contributed by atoms with Crippen molar-refractivity contribution in [3.63, 3.8) is 0 Å². The van der Waals surface area contributed by atoms with E-state index in [1.807, 2.05) is 0 Å². The van der Waals surface area contributed by atoms with Crippen molar-refractivity contribution in [2.45, 2.75) is 57.7 Å². The van der Waals surface area contributed by atoms with Crippen LogP contribution in [0.15, 0.2) is 4.52 Å². The van der Waals surface area contributed by atoms with Gasteiger partial charge >= 0.3 is 0 Å². The Bertz CT molecular complexity index is 435. The molecule has 3 N–H and O–H groups in total. The average Bonchev–Trinajstić information content (AvgIpc) is 2.90. The monoisotopic (exact) mass is 283 g/mol. The number of nitrogens with two attached hydrogens (primary N) is 1. The number of aromatic nitrogens is 2. The number of aliphatic hydroxyl groups is 1. The second-order valence-electron chi connectivity index (χ2n) is 6.41. The molecule has 1 atom stereocenters. The molecule has 0 aromatic carbocycles. The third-order valence-corrected chi connectivity index (χ3v) is 4.38. The summed E-state index contributed by atoms with van der Waals surface area (Å²) in [5.41, 5.74) is 5.26. The van der Waals surface area contributed by atoms with Crippen molar-refractivity contribution in [2.75, 3.05) is 13.7 Å². The highest BCUT2D eigenvalue weighted by molar-refractivity contribution is 5.06. The van der Waals surface area contributed by atoms with Gasteiger partial charge in [-0.1, -0.05) is 19.0 Å². The predicted molar refractivity (Wildman–Crippen MR) is 73.9 cm³/mol. The van der Waals surface area contributed by atoms with Gasteiger partial charge in [-0.3, -0.25) is 0 Å². The zero-order chi connectivity index (χ0) is 14.8. The summed E-state index contributed by atoms with van der Waals surface area (Å²) in [6.07, 6.45) is 3.45. The Balaban J connectivity index is 2.16. The molecule has 114 valence electrons. The number of methoxy groups -OCH3 is 1. The van der Waals surface area contributed by atoms with Gasteiger partial charge in [0, 0.05) is 7.11 Å². The fraction of sp³-hybridized carbons (Fsp3) is 0.857. The summed E-state index contributed by atoms with van der Waals surface area (Å²) < 4.78 is 10.9. The summed E-state index contributed by atoms with van der Waals surface area (Å²) in [5.74, 6) is 0.772. The Labute approximate surface area is 119 Å². The second-order valence-corrected chi connectivity index (χ2v) is 6.41. The minimum absolute atomic E-state index is 0.228. The molecule has 0 radical (unpaired) electrons. The summed E-state index contributed by atoms with van der Waals surface area (Å²) in [6.45, 7) is 4.90. The molecule has 20 heavy (non-hydrogen) atoms. The normalized spacial score (nSPS) is 22.6.